The van der Waals surface area contributed by atoms with Gasteiger partial charge in [0, 0.05) is 31.9 Å². The van der Waals surface area contributed by atoms with Crippen molar-refractivity contribution >= 4 is 24.3 Å². The van der Waals surface area contributed by atoms with Crippen LogP contribution in [0.4, 0.5) is 0 Å². The SMILES string of the molecule is COCCOC(=O)[C@H](N)Cc1cccnc1.Cl.N[C@H](Cc1cccnc1)C(=O)O. The van der Waals surface area contributed by atoms with Crippen molar-refractivity contribution in [1.82, 2.24) is 9.97 Å². The van der Waals surface area contributed by atoms with Crippen LogP contribution < -0.4 is 11.5 Å². The smallest absolute Gasteiger partial charge is 0.323 e. The average Bonchev–Trinajstić information content (AvgIpc) is 2.70. The number of ether oxygens (including phenoxy) is 2. The van der Waals surface area contributed by atoms with Gasteiger partial charge in [-0.05, 0) is 36.1 Å². The maximum Gasteiger partial charge on any atom is 0.323 e. The molecule has 0 unspecified atom stereocenters. The summed E-state index contributed by atoms with van der Waals surface area (Å²) in [6.07, 6.45) is 7.36. The third-order valence-corrected chi connectivity index (χ3v) is 3.51. The molecule has 29 heavy (non-hydrogen) atoms. The van der Waals surface area contributed by atoms with Gasteiger partial charge in [0.2, 0.25) is 0 Å². The highest BCUT2D eigenvalue weighted by atomic mass is 35.5. The van der Waals surface area contributed by atoms with E-state index in [9.17, 15) is 9.59 Å². The highest BCUT2D eigenvalue weighted by Gasteiger charge is 2.15. The van der Waals surface area contributed by atoms with Crippen molar-refractivity contribution in [1.29, 1.82) is 0 Å². The van der Waals surface area contributed by atoms with Crippen LogP contribution in [0.2, 0.25) is 0 Å². The molecule has 0 spiro atoms. The van der Waals surface area contributed by atoms with E-state index in [1.54, 1.807) is 50.1 Å². The van der Waals surface area contributed by atoms with Gasteiger partial charge in [0.05, 0.1) is 6.61 Å². The summed E-state index contributed by atoms with van der Waals surface area (Å²) in [5, 5.41) is 8.50. The number of carbonyl (C=O) groups excluding carboxylic acids is 1. The van der Waals surface area contributed by atoms with E-state index < -0.39 is 24.0 Å². The van der Waals surface area contributed by atoms with Crippen LogP contribution in [0.15, 0.2) is 49.1 Å². The number of nitrogens with two attached hydrogens (primary N) is 2. The Balaban J connectivity index is 0.000000542. The second-order valence-corrected chi connectivity index (χ2v) is 5.84. The number of esters is 1. The first kappa shape index (κ1) is 26.4. The second kappa shape index (κ2) is 15.3. The van der Waals surface area contributed by atoms with Gasteiger partial charge in [-0.2, -0.15) is 0 Å². The van der Waals surface area contributed by atoms with Crippen molar-refractivity contribution in [2.45, 2.75) is 24.9 Å². The Morgan fingerprint density at radius 2 is 1.52 bits per heavy atom. The molecule has 2 aromatic heterocycles. The minimum Gasteiger partial charge on any atom is -0.480 e. The van der Waals surface area contributed by atoms with Crippen molar-refractivity contribution in [2.24, 2.45) is 11.5 Å². The summed E-state index contributed by atoms with van der Waals surface area (Å²) in [6, 6.07) is 5.74. The molecule has 9 nitrogen and oxygen atoms in total. The first-order valence-electron chi connectivity index (χ1n) is 8.61. The van der Waals surface area contributed by atoms with Crippen LogP contribution in [-0.2, 0) is 31.9 Å². The summed E-state index contributed by atoms with van der Waals surface area (Å²) < 4.78 is 9.67. The number of rotatable bonds is 9. The van der Waals surface area contributed by atoms with Crippen LogP contribution in [0.1, 0.15) is 11.1 Å². The maximum atomic E-state index is 11.4. The van der Waals surface area contributed by atoms with E-state index in [2.05, 4.69) is 9.97 Å². The molecule has 0 amide bonds. The number of nitrogens with zero attached hydrogens (tertiary/aromatic N) is 2. The standard InChI is InChI=1S/C11H16N2O3.C8H10N2O2.ClH/c1-15-5-6-16-11(14)10(12)7-9-3-2-4-13-8-9;9-7(8(11)12)4-6-2-1-3-10-5-6;/h2-4,8,10H,5-7,12H2,1H3;1-3,5,7H,4,9H2,(H,11,12);1H/t10-;7-;/m11./s1. The average molecular weight is 427 g/mol. The van der Waals surface area contributed by atoms with Crippen LogP contribution in [0.5, 0.6) is 0 Å². The lowest BCUT2D eigenvalue weighted by Crippen LogP contribution is -2.35. The van der Waals surface area contributed by atoms with Crippen molar-refractivity contribution in [3.05, 3.63) is 60.2 Å². The largest absolute Gasteiger partial charge is 0.480 e. The molecule has 0 saturated carbocycles. The Labute approximate surface area is 175 Å². The van der Waals surface area contributed by atoms with E-state index in [1.165, 1.54) is 0 Å². The Hall–Kier alpha value is -2.59. The highest BCUT2D eigenvalue weighted by Crippen LogP contribution is 2.01. The van der Waals surface area contributed by atoms with Crippen LogP contribution in [0.25, 0.3) is 0 Å². The third kappa shape index (κ3) is 11.8. The van der Waals surface area contributed by atoms with Gasteiger partial charge in [-0.1, -0.05) is 12.1 Å². The molecule has 160 valence electrons. The zero-order chi connectivity index (χ0) is 20.8. The number of aromatic nitrogens is 2. The number of carbonyl (C=O) groups is 2. The van der Waals surface area contributed by atoms with Gasteiger partial charge < -0.3 is 26.0 Å². The monoisotopic (exact) mass is 426 g/mol. The molecule has 2 heterocycles. The topological polar surface area (TPSA) is 151 Å². The summed E-state index contributed by atoms with van der Waals surface area (Å²) in [5.74, 6) is -1.40. The number of carboxylic acid groups (broad SMARTS) is 1. The number of carboxylic acids is 1. The molecule has 0 bridgehead atoms. The highest BCUT2D eigenvalue weighted by molar-refractivity contribution is 5.85. The second-order valence-electron chi connectivity index (χ2n) is 5.84. The van der Waals surface area contributed by atoms with Crippen LogP contribution in [0.3, 0.4) is 0 Å². The van der Waals surface area contributed by atoms with E-state index in [4.69, 9.17) is 26.0 Å². The minimum atomic E-state index is -0.987. The Bertz CT molecular complexity index is 706. The molecular weight excluding hydrogens is 400 g/mol. The van der Waals surface area contributed by atoms with Crippen molar-refractivity contribution in [3.8, 4) is 0 Å². The lowest BCUT2D eigenvalue weighted by molar-refractivity contribution is -0.146. The molecule has 0 aliphatic heterocycles. The van der Waals surface area contributed by atoms with Gasteiger partial charge in [0.25, 0.3) is 0 Å². The third-order valence-electron chi connectivity index (χ3n) is 3.51. The number of pyridine rings is 2. The van der Waals surface area contributed by atoms with E-state index in [-0.39, 0.29) is 19.0 Å². The summed E-state index contributed by atoms with van der Waals surface area (Å²) >= 11 is 0. The zero-order valence-electron chi connectivity index (χ0n) is 16.1. The van der Waals surface area contributed by atoms with E-state index in [0.717, 1.165) is 11.1 Å². The predicted molar refractivity (Wildman–Crippen MR) is 110 cm³/mol. The first-order valence-corrected chi connectivity index (χ1v) is 8.61. The van der Waals surface area contributed by atoms with Gasteiger partial charge >= 0.3 is 11.9 Å². The lowest BCUT2D eigenvalue weighted by Gasteiger charge is -2.10. The molecule has 10 heteroatoms. The number of hydrogen-bond acceptors (Lipinski definition) is 8. The fourth-order valence-electron chi connectivity index (χ4n) is 2.05. The lowest BCUT2D eigenvalue weighted by atomic mass is 10.1. The molecule has 0 aromatic carbocycles. The van der Waals surface area contributed by atoms with Gasteiger partial charge in [-0.15, -0.1) is 12.4 Å². The molecule has 0 aliphatic carbocycles. The van der Waals surface area contributed by atoms with Gasteiger partial charge in [0.1, 0.15) is 18.7 Å². The molecular formula is C19H27ClN4O5. The normalized spacial score (nSPS) is 11.8. The number of halogens is 1. The maximum absolute atomic E-state index is 11.4. The fourth-order valence-corrected chi connectivity index (χ4v) is 2.05. The molecule has 0 aliphatic rings. The molecule has 0 saturated heterocycles. The molecule has 2 aromatic rings. The van der Waals surface area contributed by atoms with Crippen LogP contribution >= 0.6 is 12.4 Å². The molecule has 0 fully saturated rings. The number of aliphatic carboxylic acids is 1. The van der Waals surface area contributed by atoms with Gasteiger partial charge in [-0.25, -0.2) is 0 Å². The van der Waals surface area contributed by atoms with E-state index in [1.807, 2.05) is 6.07 Å². The van der Waals surface area contributed by atoms with E-state index in [0.29, 0.717) is 19.4 Å². The quantitative estimate of drug-likeness (QED) is 0.386. The van der Waals surface area contributed by atoms with E-state index >= 15 is 0 Å². The minimum absolute atomic E-state index is 0. The molecule has 5 N–H and O–H groups in total. The van der Waals surface area contributed by atoms with Crippen LogP contribution in [-0.4, -0.2) is 59.4 Å². The zero-order valence-corrected chi connectivity index (χ0v) is 17.0. The fraction of sp³-hybridized carbons (Fsp3) is 0.368. The van der Waals surface area contributed by atoms with Crippen molar-refractivity contribution in [3.63, 3.8) is 0 Å². The van der Waals surface area contributed by atoms with Gasteiger partial charge in [-0.3, -0.25) is 19.6 Å². The van der Waals surface area contributed by atoms with Crippen molar-refractivity contribution < 1.29 is 24.2 Å². The Morgan fingerprint density at radius 3 is 1.93 bits per heavy atom. The summed E-state index contributed by atoms with van der Waals surface area (Å²) in [5.41, 5.74) is 12.8. The Morgan fingerprint density at radius 1 is 1.00 bits per heavy atom. The molecule has 2 atom stereocenters. The van der Waals surface area contributed by atoms with Gasteiger partial charge in [0.15, 0.2) is 0 Å². The number of hydrogen-bond donors (Lipinski definition) is 3. The summed E-state index contributed by atoms with van der Waals surface area (Å²) in [7, 11) is 1.55. The van der Waals surface area contributed by atoms with Crippen molar-refractivity contribution in [2.75, 3.05) is 20.3 Å². The molecule has 2 rings (SSSR count). The predicted octanol–water partition coefficient (Wildman–Crippen LogP) is 0.599. The first-order chi connectivity index (χ1) is 13.4. The molecule has 0 radical (unpaired) electrons. The summed E-state index contributed by atoms with van der Waals surface area (Å²) in [6.45, 7) is 0.613. The number of methoxy groups -OCH3 is 1. The summed E-state index contributed by atoms with van der Waals surface area (Å²) in [4.78, 5) is 29.6. The Kier molecular flexibility index (Phi) is 14.0. The van der Waals surface area contributed by atoms with Crippen LogP contribution in [0, 0.1) is 0 Å².